The predicted octanol–water partition coefficient (Wildman–Crippen LogP) is 5.48. The molecule has 0 aliphatic heterocycles. The molecular weight excluding hydrogens is 296 g/mol. The van der Waals surface area contributed by atoms with Gasteiger partial charge in [-0.1, -0.05) is 60.7 Å². The highest BCUT2D eigenvalue weighted by molar-refractivity contribution is 5.20. The Morgan fingerprint density at radius 2 is 1.46 bits per heavy atom. The molecule has 0 spiro atoms. The van der Waals surface area contributed by atoms with Crippen molar-refractivity contribution >= 4 is 0 Å². The quantitative estimate of drug-likeness (QED) is 0.548. The van der Waals surface area contributed by atoms with Crippen LogP contribution in [0.25, 0.3) is 0 Å². The topological polar surface area (TPSA) is 22.4 Å². The summed E-state index contributed by atoms with van der Waals surface area (Å²) in [6.07, 6.45) is 3.15. The van der Waals surface area contributed by atoms with Crippen molar-refractivity contribution in [1.29, 1.82) is 0 Å². The standard InChI is InChI=1S/C22H24O2/c1-18-15-21(14-8-13-19-9-4-2-5-10-19)24-22(18)17-23-16-20-11-6-3-7-12-20/h2-7,9-12,15H,8,13-14,16-17H2,1H3. The van der Waals surface area contributed by atoms with E-state index in [2.05, 4.69) is 55.5 Å². The molecule has 0 unspecified atom stereocenters. The van der Waals surface area contributed by atoms with Gasteiger partial charge in [0.05, 0.1) is 6.61 Å². The van der Waals surface area contributed by atoms with Crippen molar-refractivity contribution in [1.82, 2.24) is 0 Å². The Hall–Kier alpha value is -2.32. The molecule has 1 aromatic heterocycles. The van der Waals surface area contributed by atoms with Crippen molar-refractivity contribution in [2.24, 2.45) is 0 Å². The second-order valence-corrected chi connectivity index (χ2v) is 6.14. The van der Waals surface area contributed by atoms with Crippen LogP contribution < -0.4 is 0 Å². The SMILES string of the molecule is Cc1cc(CCCc2ccccc2)oc1COCc1ccccc1. The smallest absolute Gasteiger partial charge is 0.132 e. The summed E-state index contributed by atoms with van der Waals surface area (Å²) in [6.45, 7) is 3.23. The van der Waals surface area contributed by atoms with Crippen molar-refractivity contribution in [3.05, 3.63) is 94.9 Å². The van der Waals surface area contributed by atoms with Crippen LogP contribution in [-0.4, -0.2) is 0 Å². The molecule has 24 heavy (non-hydrogen) atoms. The van der Waals surface area contributed by atoms with Gasteiger partial charge < -0.3 is 9.15 Å². The number of hydrogen-bond donors (Lipinski definition) is 0. The first-order valence-electron chi connectivity index (χ1n) is 8.55. The molecule has 0 fully saturated rings. The zero-order valence-corrected chi connectivity index (χ0v) is 14.2. The van der Waals surface area contributed by atoms with Gasteiger partial charge in [-0.2, -0.15) is 0 Å². The van der Waals surface area contributed by atoms with Crippen LogP contribution in [0.5, 0.6) is 0 Å². The minimum absolute atomic E-state index is 0.527. The fourth-order valence-corrected chi connectivity index (χ4v) is 2.80. The Labute approximate surface area is 144 Å². The number of furan rings is 1. The summed E-state index contributed by atoms with van der Waals surface area (Å²) in [5.41, 5.74) is 3.75. The van der Waals surface area contributed by atoms with E-state index in [-0.39, 0.29) is 0 Å². The first kappa shape index (κ1) is 16.5. The summed E-state index contributed by atoms with van der Waals surface area (Å²) in [4.78, 5) is 0. The molecule has 0 amide bonds. The van der Waals surface area contributed by atoms with Crippen LogP contribution in [0.2, 0.25) is 0 Å². The number of rotatable bonds is 8. The highest BCUT2D eigenvalue weighted by Crippen LogP contribution is 2.18. The molecule has 2 heteroatoms. The fourth-order valence-electron chi connectivity index (χ4n) is 2.80. The number of hydrogen-bond acceptors (Lipinski definition) is 2. The first-order valence-corrected chi connectivity index (χ1v) is 8.55. The van der Waals surface area contributed by atoms with E-state index in [0.29, 0.717) is 13.2 Å². The van der Waals surface area contributed by atoms with Crippen molar-refractivity contribution < 1.29 is 9.15 Å². The van der Waals surface area contributed by atoms with Crippen LogP contribution in [0, 0.1) is 6.92 Å². The van der Waals surface area contributed by atoms with Gasteiger partial charge in [-0.25, -0.2) is 0 Å². The van der Waals surface area contributed by atoms with E-state index < -0.39 is 0 Å². The van der Waals surface area contributed by atoms with E-state index in [1.807, 2.05) is 18.2 Å². The van der Waals surface area contributed by atoms with Crippen LogP contribution in [0.3, 0.4) is 0 Å². The second-order valence-electron chi connectivity index (χ2n) is 6.14. The molecule has 1 heterocycles. The van der Waals surface area contributed by atoms with Crippen molar-refractivity contribution in [2.45, 2.75) is 39.4 Å². The van der Waals surface area contributed by atoms with Crippen molar-refractivity contribution in [3.8, 4) is 0 Å². The van der Waals surface area contributed by atoms with Gasteiger partial charge in [0.2, 0.25) is 0 Å². The molecule has 0 saturated heterocycles. The highest BCUT2D eigenvalue weighted by atomic mass is 16.5. The zero-order chi connectivity index (χ0) is 16.6. The molecular formula is C22H24O2. The largest absolute Gasteiger partial charge is 0.463 e. The van der Waals surface area contributed by atoms with Crippen molar-refractivity contribution in [2.75, 3.05) is 0 Å². The van der Waals surface area contributed by atoms with Crippen LogP contribution in [0.1, 0.15) is 34.6 Å². The van der Waals surface area contributed by atoms with E-state index in [1.54, 1.807) is 0 Å². The van der Waals surface area contributed by atoms with Gasteiger partial charge >= 0.3 is 0 Å². The molecule has 2 aromatic carbocycles. The third-order valence-corrected chi connectivity index (χ3v) is 4.15. The lowest BCUT2D eigenvalue weighted by molar-refractivity contribution is 0.0916. The normalized spacial score (nSPS) is 10.9. The highest BCUT2D eigenvalue weighted by Gasteiger charge is 2.08. The van der Waals surface area contributed by atoms with Gasteiger partial charge in [0.1, 0.15) is 18.1 Å². The van der Waals surface area contributed by atoms with Gasteiger partial charge in [-0.3, -0.25) is 0 Å². The minimum atomic E-state index is 0.527. The lowest BCUT2D eigenvalue weighted by Gasteiger charge is -2.03. The van der Waals surface area contributed by atoms with Gasteiger partial charge in [0, 0.05) is 6.42 Å². The van der Waals surface area contributed by atoms with E-state index in [9.17, 15) is 0 Å². The number of benzene rings is 2. The second kappa shape index (κ2) is 8.51. The minimum Gasteiger partial charge on any atom is -0.463 e. The van der Waals surface area contributed by atoms with E-state index in [1.165, 1.54) is 16.7 Å². The monoisotopic (exact) mass is 320 g/mol. The average Bonchev–Trinajstić information content (AvgIpc) is 2.97. The first-order chi connectivity index (χ1) is 11.8. The van der Waals surface area contributed by atoms with E-state index in [4.69, 9.17) is 9.15 Å². The van der Waals surface area contributed by atoms with Crippen LogP contribution in [-0.2, 0) is 30.8 Å². The maximum Gasteiger partial charge on any atom is 0.132 e. The molecule has 124 valence electrons. The fraction of sp³-hybridized carbons (Fsp3) is 0.273. The summed E-state index contributed by atoms with van der Waals surface area (Å²) >= 11 is 0. The Kier molecular flexibility index (Phi) is 5.86. The predicted molar refractivity (Wildman–Crippen MR) is 96.8 cm³/mol. The van der Waals surface area contributed by atoms with Gasteiger partial charge in [-0.15, -0.1) is 0 Å². The summed E-state index contributed by atoms with van der Waals surface area (Å²) in [6, 6.07) is 23.0. The maximum absolute atomic E-state index is 5.97. The van der Waals surface area contributed by atoms with Crippen LogP contribution in [0.15, 0.2) is 71.1 Å². The Morgan fingerprint density at radius 3 is 2.17 bits per heavy atom. The number of ether oxygens (including phenoxy) is 1. The van der Waals surface area contributed by atoms with Gasteiger partial charge in [0.15, 0.2) is 0 Å². The third kappa shape index (κ3) is 4.84. The Morgan fingerprint density at radius 1 is 0.792 bits per heavy atom. The van der Waals surface area contributed by atoms with Crippen molar-refractivity contribution in [3.63, 3.8) is 0 Å². The zero-order valence-electron chi connectivity index (χ0n) is 14.2. The molecule has 0 saturated carbocycles. The molecule has 0 N–H and O–H groups in total. The lowest BCUT2D eigenvalue weighted by Crippen LogP contribution is -1.94. The van der Waals surface area contributed by atoms with Crippen LogP contribution >= 0.6 is 0 Å². The molecule has 0 aliphatic rings. The molecule has 3 rings (SSSR count). The average molecular weight is 320 g/mol. The van der Waals surface area contributed by atoms with Gasteiger partial charge in [-0.05, 0) is 42.5 Å². The maximum atomic E-state index is 5.97. The molecule has 2 nitrogen and oxygen atoms in total. The van der Waals surface area contributed by atoms with E-state index >= 15 is 0 Å². The molecule has 3 aromatic rings. The number of aryl methyl sites for hydroxylation is 3. The molecule has 0 atom stereocenters. The van der Waals surface area contributed by atoms with E-state index in [0.717, 1.165) is 30.8 Å². The van der Waals surface area contributed by atoms with Crippen LogP contribution in [0.4, 0.5) is 0 Å². The Balaban J connectivity index is 1.46. The summed E-state index contributed by atoms with van der Waals surface area (Å²) in [7, 11) is 0. The lowest BCUT2D eigenvalue weighted by atomic mass is 10.1. The summed E-state index contributed by atoms with van der Waals surface area (Å²) < 4.78 is 11.7. The molecule has 0 bridgehead atoms. The summed E-state index contributed by atoms with van der Waals surface area (Å²) in [5, 5.41) is 0. The molecule has 0 aliphatic carbocycles. The van der Waals surface area contributed by atoms with Gasteiger partial charge in [0.25, 0.3) is 0 Å². The summed E-state index contributed by atoms with van der Waals surface area (Å²) in [5.74, 6) is 2.00. The molecule has 0 radical (unpaired) electrons. The Bertz CT molecular complexity index is 729. The third-order valence-electron chi connectivity index (χ3n) is 4.15.